The van der Waals surface area contributed by atoms with Crippen molar-refractivity contribution in [3.05, 3.63) is 0 Å². The highest BCUT2D eigenvalue weighted by Crippen LogP contribution is 2.16. The number of unbranched alkanes of at least 4 members (excludes halogenated alkanes) is 3. The molecule has 0 aliphatic heterocycles. The van der Waals surface area contributed by atoms with Gasteiger partial charge in [0.15, 0.2) is 5.96 Å². The van der Waals surface area contributed by atoms with Crippen molar-refractivity contribution in [1.29, 1.82) is 0 Å². The van der Waals surface area contributed by atoms with E-state index >= 15 is 0 Å². The minimum absolute atomic E-state index is 0.00403. The van der Waals surface area contributed by atoms with E-state index in [1.54, 1.807) is 6.92 Å². The van der Waals surface area contributed by atoms with Gasteiger partial charge in [-0.2, -0.15) is 0 Å². The van der Waals surface area contributed by atoms with Gasteiger partial charge in [-0.25, -0.2) is 0 Å². The molecule has 27 nitrogen and oxygen atoms in total. The van der Waals surface area contributed by atoms with Gasteiger partial charge in [-0.3, -0.25) is 52.9 Å². The molecule has 0 saturated carbocycles. The number of nitrogens with one attached hydrogen (secondary N) is 9. The molecule has 0 spiro atoms. The van der Waals surface area contributed by atoms with E-state index in [0.29, 0.717) is 51.5 Å². The summed E-state index contributed by atoms with van der Waals surface area (Å²) in [7, 11) is 0. The van der Waals surface area contributed by atoms with Gasteiger partial charge in [-0.05, 0) is 146 Å². The monoisotopic (exact) mass is 1180 g/mol. The molecule has 0 aromatic heterocycles. The van der Waals surface area contributed by atoms with Gasteiger partial charge in [0.05, 0.1) is 6.54 Å². The number of aliphatic imine (C=N–C) groups is 1. The van der Waals surface area contributed by atoms with E-state index in [0.717, 1.165) is 0 Å². The molecule has 0 saturated heterocycles. The van der Waals surface area contributed by atoms with Crippen molar-refractivity contribution in [3.63, 3.8) is 0 Å². The molecule has 0 aliphatic carbocycles. The smallest absolute Gasteiger partial charge is 0.243 e. The molecule has 0 rings (SSSR count). The first-order valence-corrected chi connectivity index (χ1v) is 29.9. The Morgan fingerprint density at radius 3 is 0.964 bits per heavy atom. The maximum Gasteiger partial charge on any atom is 0.243 e. The Morgan fingerprint density at radius 2 is 0.651 bits per heavy atom. The Hall–Kier alpha value is -6.19. The van der Waals surface area contributed by atoms with Crippen LogP contribution < -0.4 is 88.0 Å². The summed E-state index contributed by atoms with van der Waals surface area (Å²) in [6.07, 6.45) is 4.38. The van der Waals surface area contributed by atoms with E-state index in [9.17, 15) is 47.9 Å². The van der Waals surface area contributed by atoms with Crippen LogP contribution in [0.5, 0.6) is 0 Å². The van der Waals surface area contributed by atoms with E-state index in [-0.39, 0.29) is 114 Å². The average molecular weight is 1180 g/mol. The third-order valence-electron chi connectivity index (χ3n) is 13.7. The molecule has 10 atom stereocenters. The molecule has 0 heterocycles. The van der Waals surface area contributed by atoms with Crippen molar-refractivity contribution in [2.45, 2.75) is 226 Å². The summed E-state index contributed by atoms with van der Waals surface area (Å²) in [5.74, 6) is -7.73. The standard InChI is InChI=1S/C56H109N17O10/c1-11-36(10)46(55(83)69-38(20-13-16-24-58)49(77)67-40(22-18-26-64-56(62)63)50(78)71-44(30-35(8)9)54(82)70-41(47(61)75)27-32(2)3)73-51(79)39(21-14-17-25-59)66-48(76)37(19-12-15-23-57)68-53(81)43(29-34(6)7)72-52(80)42(28-33(4)5)65-45(74)31-60/h32-44,46H,11-31,57-60H2,1-10H3,(H2,61,75)(H,65,74)(H,66,76)(H,67,77)(H,68,81)(H,69,83)(H,70,82)(H,71,78)(H,72,80)(H,73,79)(H4,62,63,64)/t36-,37-,38-,39-,40-,41-,42-,43-,44-,46-/m0/s1. The van der Waals surface area contributed by atoms with Crippen LogP contribution in [0.25, 0.3) is 0 Å². The lowest BCUT2D eigenvalue weighted by Gasteiger charge is -2.30. The highest BCUT2D eigenvalue weighted by Gasteiger charge is 2.37. The maximum atomic E-state index is 14.6. The molecule has 10 amide bonds. The molecule has 0 radical (unpaired) electrons. The molecule has 0 fully saturated rings. The van der Waals surface area contributed by atoms with Crippen LogP contribution in [0.3, 0.4) is 0 Å². The third kappa shape index (κ3) is 33.0. The van der Waals surface area contributed by atoms with Crippen molar-refractivity contribution in [2.24, 2.45) is 74.7 Å². The summed E-state index contributed by atoms with van der Waals surface area (Å²) < 4.78 is 0. The summed E-state index contributed by atoms with van der Waals surface area (Å²) in [6.45, 7) is 19.1. The second-order valence-corrected chi connectivity index (χ2v) is 23.3. The number of rotatable bonds is 45. The molecule has 0 aliphatic rings. The van der Waals surface area contributed by atoms with Crippen LogP contribution in [0.4, 0.5) is 0 Å². The summed E-state index contributed by atoms with van der Waals surface area (Å²) in [5.41, 5.74) is 39.7. The molecule has 0 aromatic carbocycles. The van der Waals surface area contributed by atoms with E-state index < -0.39 is 119 Å². The molecule has 478 valence electrons. The minimum atomic E-state index is -1.28. The van der Waals surface area contributed by atoms with Gasteiger partial charge in [0, 0.05) is 6.54 Å². The first-order chi connectivity index (χ1) is 39.0. The summed E-state index contributed by atoms with van der Waals surface area (Å²) >= 11 is 0. The second kappa shape index (κ2) is 42.6. The fourth-order valence-electron chi connectivity index (χ4n) is 8.99. The predicted octanol–water partition coefficient (Wildman–Crippen LogP) is -1.54. The van der Waals surface area contributed by atoms with Crippen LogP contribution in [0.15, 0.2) is 4.99 Å². The van der Waals surface area contributed by atoms with Crippen molar-refractivity contribution in [1.82, 2.24) is 47.9 Å². The Labute approximate surface area is 493 Å². The van der Waals surface area contributed by atoms with Gasteiger partial charge in [0.2, 0.25) is 59.1 Å². The zero-order valence-corrected chi connectivity index (χ0v) is 51.5. The highest BCUT2D eigenvalue weighted by molar-refractivity contribution is 5.98. The molecule has 0 aromatic rings. The van der Waals surface area contributed by atoms with Gasteiger partial charge in [-0.15, -0.1) is 0 Å². The van der Waals surface area contributed by atoms with E-state index in [2.05, 4.69) is 52.8 Å². The van der Waals surface area contributed by atoms with Crippen LogP contribution in [0.2, 0.25) is 0 Å². The van der Waals surface area contributed by atoms with Crippen LogP contribution >= 0.6 is 0 Å². The lowest BCUT2D eigenvalue weighted by atomic mass is 9.96. The number of hydrogen-bond acceptors (Lipinski definition) is 15. The Kier molecular flexibility index (Phi) is 39.4. The van der Waals surface area contributed by atoms with Crippen LogP contribution in [0, 0.1) is 29.6 Å². The van der Waals surface area contributed by atoms with Crippen molar-refractivity contribution >= 4 is 65.0 Å². The lowest BCUT2D eigenvalue weighted by Crippen LogP contribution is -2.61. The minimum Gasteiger partial charge on any atom is -0.370 e. The lowest BCUT2D eigenvalue weighted by molar-refractivity contribution is -0.137. The maximum absolute atomic E-state index is 14.6. The first kappa shape index (κ1) is 76.8. The van der Waals surface area contributed by atoms with E-state index in [4.69, 9.17) is 40.1 Å². The number of nitrogens with two attached hydrogens (primary N) is 7. The number of primary amides is 1. The quantitative estimate of drug-likeness (QED) is 0.0187. The summed E-state index contributed by atoms with van der Waals surface area (Å²) in [5, 5.41) is 24.8. The molecule has 83 heavy (non-hydrogen) atoms. The number of amides is 10. The van der Waals surface area contributed by atoms with Gasteiger partial charge in [-0.1, -0.05) is 75.7 Å². The van der Waals surface area contributed by atoms with Gasteiger partial charge < -0.3 is 88.0 Å². The van der Waals surface area contributed by atoms with Crippen LogP contribution in [-0.4, -0.2) is 152 Å². The first-order valence-electron chi connectivity index (χ1n) is 29.9. The summed E-state index contributed by atoms with van der Waals surface area (Å²) in [6, 6.07) is -10.5. The molecule has 23 N–H and O–H groups in total. The zero-order valence-electron chi connectivity index (χ0n) is 51.5. The van der Waals surface area contributed by atoms with Crippen LogP contribution in [0.1, 0.15) is 172 Å². The van der Waals surface area contributed by atoms with E-state index in [1.807, 2.05) is 62.3 Å². The number of carbonyl (C=O) groups is 10. The Balaban J connectivity index is 7.08. The van der Waals surface area contributed by atoms with Gasteiger partial charge in [0.1, 0.15) is 54.4 Å². The second-order valence-electron chi connectivity index (χ2n) is 23.3. The SMILES string of the molecule is CC[C@H](C)[C@H](NC(=O)[C@H](CCCCN)NC(=O)[C@H](CCCCN)NC(=O)[C@H](CC(C)C)NC(=O)[C@H](CC(C)C)NC(=O)CN)C(=O)N[C@@H](CCCCN)C(=O)N[C@@H](CCCN=C(N)N)C(=O)N[C@@H](CC(C)C)C(=O)N[C@@H](CC(C)C)C(N)=O. The largest absolute Gasteiger partial charge is 0.370 e. The van der Waals surface area contributed by atoms with Crippen molar-refractivity contribution in [3.8, 4) is 0 Å². The molecule has 27 heteroatoms. The zero-order chi connectivity index (χ0) is 63.4. The Bertz CT molecular complexity index is 2040. The average Bonchev–Trinajstić information content (AvgIpc) is 3.49. The third-order valence-corrected chi connectivity index (χ3v) is 13.7. The predicted molar refractivity (Wildman–Crippen MR) is 322 cm³/mol. The van der Waals surface area contributed by atoms with Crippen molar-refractivity contribution in [2.75, 3.05) is 32.7 Å². The topological polar surface area (TPSA) is 473 Å². The Morgan fingerprint density at radius 1 is 0.361 bits per heavy atom. The molecule has 0 unspecified atom stereocenters. The fourth-order valence-corrected chi connectivity index (χ4v) is 8.99. The van der Waals surface area contributed by atoms with Crippen molar-refractivity contribution < 1.29 is 47.9 Å². The number of guanidine groups is 1. The number of nitrogens with zero attached hydrogens (tertiary/aromatic N) is 1. The molecular formula is C56H109N17O10. The summed E-state index contributed by atoms with van der Waals surface area (Å²) in [4.78, 5) is 142. The van der Waals surface area contributed by atoms with E-state index in [1.165, 1.54) is 0 Å². The van der Waals surface area contributed by atoms with Gasteiger partial charge in [0.25, 0.3) is 0 Å². The van der Waals surface area contributed by atoms with Crippen LogP contribution in [-0.2, 0) is 47.9 Å². The highest BCUT2D eigenvalue weighted by atomic mass is 16.2. The molecular weight excluding hydrogens is 1070 g/mol. The number of carbonyl (C=O) groups excluding carboxylic acids is 10. The fraction of sp³-hybridized carbons (Fsp3) is 0.804. The normalized spacial score (nSPS) is 15.0. The van der Waals surface area contributed by atoms with Gasteiger partial charge >= 0.3 is 0 Å². The molecule has 0 bridgehead atoms. The number of hydrogen-bond donors (Lipinski definition) is 16.